The average molecular weight is 837 g/mol. The first-order valence-electron chi connectivity index (χ1n) is 17.6. The highest BCUT2D eigenvalue weighted by Gasteiger charge is 2.54. The number of aliphatic hydroxyl groups is 10. The van der Waals surface area contributed by atoms with Gasteiger partial charge in [0.05, 0.1) is 60.9 Å². The Morgan fingerprint density at radius 2 is 1.16 bits per heavy atom. The summed E-state index contributed by atoms with van der Waals surface area (Å²) in [5.41, 5.74) is -0.245. The smallest absolute Gasteiger partial charge is 0.367 e. The standard InChI is InChI=1S/C34H44O22S/c1-57-34(48)52-6-11-3-15(38)21-13(8-51-31(19(11)21)56-32-26(43)24(41)22(39)16(5-36)53-32)29(47)49-9-17-23(40)25(42)27(44)33(54-17)55-30-18-10(4-35)2-14(37)20(18)12(7-50-30)28(45)46/h2-3,7-8,14-27,30-33,35-44H,4-6,9H2,1H3,(H,45,46)/t14-,15-,16-,17-,18-,19-,20+,21+,22-,23-,24+,25+,26-,27-,30+,31+,32+,33+/m1/s1. The quantitative estimate of drug-likeness (QED) is 0.0650. The minimum atomic E-state index is -1.95. The van der Waals surface area contributed by atoms with Crippen molar-refractivity contribution in [2.45, 2.75) is 86.2 Å². The van der Waals surface area contributed by atoms with Crippen molar-refractivity contribution in [1.82, 2.24) is 0 Å². The lowest BCUT2D eigenvalue weighted by Gasteiger charge is -2.43. The Kier molecular flexibility index (Phi) is 13.6. The summed E-state index contributed by atoms with van der Waals surface area (Å²) in [6.07, 6.45) is -17.6. The van der Waals surface area contributed by atoms with Crippen molar-refractivity contribution < 1.29 is 108 Å². The van der Waals surface area contributed by atoms with Crippen LogP contribution in [0.3, 0.4) is 0 Å². The molecule has 18 atom stereocenters. The summed E-state index contributed by atoms with van der Waals surface area (Å²) in [6, 6.07) is 0. The predicted octanol–water partition coefficient (Wildman–Crippen LogP) is -4.71. The van der Waals surface area contributed by atoms with Gasteiger partial charge in [-0.3, -0.25) is 0 Å². The van der Waals surface area contributed by atoms with Gasteiger partial charge in [-0.25, -0.2) is 14.4 Å². The molecule has 0 aromatic carbocycles. The summed E-state index contributed by atoms with van der Waals surface area (Å²) in [5.74, 6) is -7.09. The number of thioether (sulfide) groups is 1. The maximum atomic E-state index is 13.6. The highest BCUT2D eigenvalue weighted by atomic mass is 32.2. The first-order chi connectivity index (χ1) is 27.1. The summed E-state index contributed by atoms with van der Waals surface area (Å²) in [5, 5.41) is 113. The SMILES string of the molecule is CSC(=O)OCC1=C[C@@H](O)[C@@H]2C(C(=O)OC[C@H]3O[C@@H](O[C@@H]4OC=C(C(=O)O)[C@@H]5[C@H]4C(CO)=C[C@H]5O)[C@H](O)[C@@H](O)[C@@H]3O)=CO[C@@H](O[C@@H]3O[C@H](CO)[C@@H](O)[C@H](O)[C@H]3O)[C@H]12. The second-order valence-electron chi connectivity index (χ2n) is 14.0. The van der Waals surface area contributed by atoms with E-state index in [2.05, 4.69) is 0 Å². The maximum Gasteiger partial charge on any atom is 0.367 e. The molecule has 0 saturated carbocycles. The number of aliphatic carboxylic acids is 1. The van der Waals surface area contributed by atoms with Gasteiger partial charge in [0.15, 0.2) is 12.6 Å². The third-order valence-corrected chi connectivity index (χ3v) is 11.2. The van der Waals surface area contributed by atoms with Crippen molar-refractivity contribution >= 4 is 29.0 Å². The van der Waals surface area contributed by atoms with E-state index in [9.17, 15) is 70.6 Å². The lowest BCUT2D eigenvalue weighted by Crippen LogP contribution is -2.60. The van der Waals surface area contributed by atoms with Crippen LogP contribution in [0.1, 0.15) is 0 Å². The lowest BCUT2D eigenvalue weighted by molar-refractivity contribution is -0.341. The molecule has 2 saturated heterocycles. The fraction of sp³-hybridized carbons (Fsp3) is 0.676. The zero-order valence-electron chi connectivity index (χ0n) is 29.8. The minimum Gasteiger partial charge on any atom is -0.478 e. The predicted molar refractivity (Wildman–Crippen MR) is 181 cm³/mol. The minimum absolute atomic E-state index is 0.164. The zero-order chi connectivity index (χ0) is 41.5. The number of rotatable bonds is 12. The monoisotopic (exact) mass is 836 g/mol. The van der Waals surface area contributed by atoms with Gasteiger partial charge < -0.3 is 94.1 Å². The molecule has 2 aliphatic carbocycles. The maximum absolute atomic E-state index is 13.6. The Balaban J connectivity index is 1.17. The molecule has 4 aliphatic heterocycles. The van der Waals surface area contributed by atoms with E-state index in [0.717, 1.165) is 24.3 Å². The van der Waals surface area contributed by atoms with Crippen LogP contribution in [0.25, 0.3) is 0 Å². The van der Waals surface area contributed by atoms with Crippen LogP contribution in [-0.2, 0) is 47.5 Å². The molecule has 0 radical (unpaired) electrons. The number of hydrogen-bond acceptors (Lipinski definition) is 22. The zero-order valence-corrected chi connectivity index (χ0v) is 30.7. The molecular formula is C34H44O22S. The van der Waals surface area contributed by atoms with E-state index in [-0.39, 0.29) is 22.3 Å². The summed E-state index contributed by atoms with van der Waals surface area (Å²) < 4.78 is 44.5. The number of hydrogen-bond donors (Lipinski definition) is 11. The number of esters is 1. The van der Waals surface area contributed by atoms with E-state index >= 15 is 0 Å². The van der Waals surface area contributed by atoms with Crippen LogP contribution in [0.5, 0.6) is 0 Å². The molecule has 0 bridgehead atoms. The van der Waals surface area contributed by atoms with Crippen LogP contribution in [0.2, 0.25) is 0 Å². The van der Waals surface area contributed by atoms with Crippen molar-refractivity contribution in [2.24, 2.45) is 23.7 Å². The van der Waals surface area contributed by atoms with E-state index in [1.54, 1.807) is 0 Å². The molecule has 22 nitrogen and oxygen atoms in total. The molecule has 0 amide bonds. The number of carboxylic acid groups (broad SMARTS) is 1. The van der Waals surface area contributed by atoms with Gasteiger partial charge in [-0.15, -0.1) is 0 Å². The van der Waals surface area contributed by atoms with Gasteiger partial charge in [-0.2, -0.15) is 0 Å². The number of fused-ring (bicyclic) bond motifs is 2. The molecule has 23 heteroatoms. The second kappa shape index (κ2) is 17.9. The van der Waals surface area contributed by atoms with E-state index in [0.29, 0.717) is 0 Å². The van der Waals surface area contributed by atoms with Gasteiger partial charge in [-0.1, -0.05) is 12.2 Å². The van der Waals surface area contributed by atoms with Crippen LogP contribution >= 0.6 is 11.8 Å². The summed E-state index contributed by atoms with van der Waals surface area (Å²) in [7, 11) is 0. The van der Waals surface area contributed by atoms with Crippen LogP contribution in [0, 0.1) is 23.7 Å². The summed E-state index contributed by atoms with van der Waals surface area (Å²) in [6.45, 7) is -2.58. The number of ether oxygens (including phenoxy) is 8. The first-order valence-corrected chi connectivity index (χ1v) is 18.9. The molecule has 0 spiro atoms. The second-order valence-corrected chi connectivity index (χ2v) is 14.8. The van der Waals surface area contributed by atoms with Gasteiger partial charge in [0.25, 0.3) is 0 Å². The van der Waals surface area contributed by atoms with E-state index in [4.69, 9.17) is 37.9 Å². The van der Waals surface area contributed by atoms with Crippen LogP contribution < -0.4 is 0 Å². The highest BCUT2D eigenvalue weighted by molar-refractivity contribution is 8.12. The van der Waals surface area contributed by atoms with E-state index < -0.39 is 154 Å². The average Bonchev–Trinajstić information content (AvgIpc) is 3.72. The number of carbonyl (C=O) groups is 3. The Labute approximate surface area is 326 Å². The Morgan fingerprint density at radius 1 is 0.649 bits per heavy atom. The molecule has 0 unspecified atom stereocenters. The molecule has 6 aliphatic rings. The Morgan fingerprint density at radius 3 is 1.70 bits per heavy atom. The topological polar surface area (TPSA) is 348 Å². The van der Waals surface area contributed by atoms with Crippen molar-refractivity contribution in [3.05, 3.63) is 47.0 Å². The fourth-order valence-electron chi connectivity index (χ4n) is 7.77. The molecule has 57 heavy (non-hydrogen) atoms. The fourth-order valence-corrected chi connectivity index (χ4v) is 7.95. The van der Waals surface area contributed by atoms with Crippen LogP contribution in [0.4, 0.5) is 4.79 Å². The van der Waals surface area contributed by atoms with Gasteiger partial charge >= 0.3 is 17.2 Å². The van der Waals surface area contributed by atoms with Gasteiger partial charge in [0.2, 0.25) is 12.6 Å². The molecule has 11 N–H and O–H groups in total. The highest BCUT2D eigenvalue weighted by Crippen LogP contribution is 2.46. The summed E-state index contributed by atoms with van der Waals surface area (Å²) in [4.78, 5) is 37.4. The lowest BCUT2D eigenvalue weighted by atomic mass is 9.82. The first kappa shape index (κ1) is 43.3. The van der Waals surface area contributed by atoms with Crippen molar-refractivity contribution in [2.75, 3.05) is 32.7 Å². The molecule has 0 aromatic heterocycles. The molecule has 2 fully saturated rings. The third kappa shape index (κ3) is 8.46. The molecule has 4 heterocycles. The van der Waals surface area contributed by atoms with Crippen molar-refractivity contribution in [3.8, 4) is 0 Å². The molecular weight excluding hydrogens is 792 g/mol. The number of aliphatic hydroxyl groups excluding tert-OH is 10. The number of carbonyl (C=O) groups excluding carboxylic acids is 2. The Hall–Kier alpha value is -3.24. The van der Waals surface area contributed by atoms with Crippen LogP contribution in [0.15, 0.2) is 47.0 Å². The molecule has 6 rings (SSSR count). The van der Waals surface area contributed by atoms with E-state index in [1.165, 1.54) is 18.4 Å². The Bertz CT molecular complexity index is 1630. The van der Waals surface area contributed by atoms with Crippen molar-refractivity contribution in [1.29, 1.82) is 0 Å². The largest absolute Gasteiger partial charge is 0.478 e. The van der Waals surface area contributed by atoms with Crippen LogP contribution in [-0.4, -0.2) is 192 Å². The normalized spacial score (nSPS) is 42.6. The summed E-state index contributed by atoms with van der Waals surface area (Å²) >= 11 is 0.758. The van der Waals surface area contributed by atoms with Gasteiger partial charge in [-0.05, 0) is 29.2 Å². The van der Waals surface area contributed by atoms with Crippen molar-refractivity contribution in [3.63, 3.8) is 0 Å². The number of carboxylic acids is 1. The third-order valence-electron chi connectivity index (χ3n) is 10.7. The van der Waals surface area contributed by atoms with E-state index in [1.807, 2.05) is 0 Å². The molecule has 0 aromatic rings. The molecule has 318 valence electrons. The van der Waals surface area contributed by atoms with Gasteiger partial charge in [0.1, 0.15) is 62.0 Å². The van der Waals surface area contributed by atoms with Gasteiger partial charge in [0, 0.05) is 11.8 Å².